The van der Waals surface area contributed by atoms with Gasteiger partial charge in [0.15, 0.2) is 0 Å². The zero-order valence-electron chi connectivity index (χ0n) is 12.5. The van der Waals surface area contributed by atoms with Crippen LogP contribution < -0.4 is 5.69 Å². The molecule has 0 fully saturated rings. The van der Waals surface area contributed by atoms with Gasteiger partial charge < -0.3 is 4.90 Å². The van der Waals surface area contributed by atoms with E-state index in [1.807, 2.05) is 4.90 Å². The van der Waals surface area contributed by atoms with E-state index in [2.05, 4.69) is 11.2 Å². The van der Waals surface area contributed by atoms with Gasteiger partial charge in [0.2, 0.25) is 5.91 Å². The first-order valence-corrected chi connectivity index (χ1v) is 7.73. The predicted octanol–water partition coefficient (Wildman–Crippen LogP) is 0.857. The molecule has 0 atom stereocenters. The quantitative estimate of drug-likeness (QED) is 0.759. The van der Waals surface area contributed by atoms with E-state index in [4.69, 9.17) is 0 Å². The van der Waals surface area contributed by atoms with Gasteiger partial charge in [0.25, 0.3) is 0 Å². The molecule has 1 aliphatic heterocycles. The number of fused-ring (bicyclic) bond motifs is 1. The second-order valence-corrected chi connectivity index (χ2v) is 5.89. The number of amides is 1. The number of allylic oxidation sites excluding steroid dienone is 1. The zero-order valence-corrected chi connectivity index (χ0v) is 12.5. The summed E-state index contributed by atoms with van der Waals surface area (Å²) in [6.07, 6.45) is 8.02. The number of hydrogen-bond acceptors (Lipinski definition) is 3. The van der Waals surface area contributed by atoms with Crippen LogP contribution in [-0.4, -0.2) is 38.2 Å². The van der Waals surface area contributed by atoms with E-state index < -0.39 is 0 Å². The normalized spacial score (nSPS) is 18.9. The molecular formula is C15H22N4O2. The van der Waals surface area contributed by atoms with Gasteiger partial charge in [-0.1, -0.05) is 11.6 Å². The minimum atomic E-state index is -0.0886. The van der Waals surface area contributed by atoms with Crippen molar-refractivity contribution in [2.45, 2.75) is 45.1 Å². The summed E-state index contributed by atoms with van der Waals surface area (Å²) in [5.74, 6) is 0.973. The summed E-state index contributed by atoms with van der Waals surface area (Å²) >= 11 is 0. The molecular weight excluding hydrogens is 268 g/mol. The van der Waals surface area contributed by atoms with E-state index in [1.54, 1.807) is 11.6 Å². The van der Waals surface area contributed by atoms with Crippen LogP contribution in [0.3, 0.4) is 0 Å². The van der Waals surface area contributed by atoms with Crippen LogP contribution >= 0.6 is 0 Å². The van der Waals surface area contributed by atoms with Crippen LogP contribution in [0.2, 0.25) is 0 Å². The number of rotatable bonds is 2. The van der Waals surface area contributed by atoms with Crippen molar-refractivity contribution in [1.29, 1.82) is 0 Å². The fourth-order valence-corrected chi connectivity index (χ4v) is 3.15. The molecule has 0 saturated heterocycles. The van der Waals surface area contributed by atoms with Crippen molar-refractivity contribution in [3.63, 3.8) is 0 Å². The number of aryl methyl sites for hydroxylation is 1. The van der Waals surface area contributed by atoms with E-state index in [1.165, 1.54) is 23.1 Å². The fraction of sp³-hybridized carbons (Fsp3) is 0.667. The third kappa shape index (κ3) is 2.94. The average Bonchev–Trinajstić information content (AvgIpc) is 2.66. The summed E-state index contributed by atoms with van der Waals surface area (Å²) in [5.41, 5.74) is 1.19. The van der Waals surface area contributed by atoms with Gasteiger partial charge in [-0.25, -0.2) is 9.48 Å². The zero-order chi connectivity index (χ0) is 14.8. The van der Waals surface area contributed by atoms with Crippen LogP contribution in [-0.2, 0) is 24.8 Å². The average molecular weight is 290 g/mol. The monoisotopic (exact) mass is 290 g/mol. The number of hydrogen-bond donors (Lipinski definition) is 0. The van der Waals surface area contributed by atoms with E-state index in [9.17, 15) is 9.59 Å². The Hall–Kier alpha value is -1.85. The van der Waals surface area contributed by atoms with Crippen molar-refractivity contribution in [2.24, 2.45) is 7.05 Å². The van der Waals surface area contributed by atoms with Crippen molar-refractivity contribution < 1.29 is 4.79 Å². The topological polar surface area (TPSA) is 60.1 Å². The van der Waals surface area contributed by atoms with Crippen LogP contribution in [0.4, 0.5) is 0 Å². The summed E-state index contributed by atoms with van der Waals surface area (Å²) in [6.45, 7) is 1.81. The minimum Gasteiger partial charge on any atom is -0.340 e. The van der Waals surface area contributed by atoms with Crippen LogP contribution in [0.1, 0.15) is 37.9 Å². The summed E-state index contributed by atoms with van der Waals surface area (Å²) in [7, 11) is 1.67. The highest BCUT2D eigenvalue weighted by Crippen LogP contribution is 2.21. The smallest absolute Gasteiger partial charge is 0.340 e. The van der Waals surface area contributed by atoms with Gasteiger partial charge in [0.1, 0.15) is 5.82 Å². The van der Waals surface area contributed by atoms with Crippen LogP contribution in [0.25, 0.3) is 0 Å². The minimum absolute atomic E-state index is 0.0886. The highest BCUT2D eigenvalue weighted by Gasteiger charge is 2.22. The summed E-state index contributed by atoms with van der Waals surface area (Å²) in [6, 6.07) is 0. The molecule has 6 heteroatoms. The Balaban J connectivity index is 1.65. The Kier molecular flexibility index (Phi) is 3.94. The van der Waals surface area contributed by atoms with Gasteiger partial charge in [0, 0.05) is 39.5 Å². The van der Waals surface area contributed by atoms with Gasteiger partial charge in [-0.15, -0.1) is 0 Å². The van der Waals surface area contributed by atoms with Gasteiger partial charge in [0.05, 0.1) is 0 Å². The molecule has 2 heterocycles. The van der Waals surface area contributed by atoms with Crippen molar-refractivity contribution in [3.05, 3.63) is 28.0 Å². The molecule has 0 bridgehead atoms. The van der Waals surface area contributed by atoms with Crippen LogP contribution in [0, 0.1) is 0 Å². The lowest BCUT2D eigenvalue weighted by molar-refractivity contribution is -0.130. The van der Waals surface area contributed by atoms with Crippen molar-refractivity contribution in [1.82, 2.24) is 19.2 Å². The molecule has 1 aromatic rings. The molecule has 6 nitrogen and oxygen atoms in total. The second kappa shape index (κ2) is 5.87. The molecule has 1 amide bonds. The number of nitrogens with zero attached hydrogens (tertiary/aromatic N) is 4. The van der Waals surface area contributed by atoms with E-state index in [-0.39, 0.29) is 11.6 Å². The first kappa shape index (κ1) is 14.1. The highest BCUT2D eigenvalue weighted by atomic mass is 16.2. The largest absolute Gasteiger partial charge is 0.345 e. The Morgan fingerprint density at radius 1 is 1.24 bits per heavy atom. The first-order chi connectivity index (χ1) is 10.1. The molecule has 0 radical (unpaired) electrons. The lowest BCUT2D eigenvalue weighted by Gasteiger charge is -2.21. The second-order valence-electron chi connectivity index (χ2n) is 5.89. The lowest BCUT2D eigenvalue weighted by atomic mass is 9.97. The Bertz CT molecular complexity index is 626. The van der Waals surface area contributed by atoms with Gasteiger partial charge in [-0.2, -0.15) is 5.10 Å². The van der Waals surface area contributed by atoms with Gasteiger partial charge in [-0.05, 0) is 25.7 Å². The Morgan fingerprint density at radius 2 is 2.10 bits per heavy atom. The maximum atomic E-state index is 12.4. The third-order valence-electron chi connectivity index (χ3n) is 4.40. The standard InChI is InChI=1S/C15H22N4O2/c1-17-15(21)19-10-9-18(8-7-13(19)16-17)14(20)11-12-5-3-2-4-6-12/h5H,2-4,6-11H2,1H3. The summed E-state index contributed by atoms with van der Waals surface area (Å²) < 4.78 is 3.06. The molecule has 114 valence electrons. The Labute approximate surface area is 124 Å². The maximum absolute atomic E-state index is 12.4. The molecule has 1 aromatic heterocycles. The molecule has 2 aliphatic rings. The number of carbonyl (C=O) groups is 1. The Morgan fingerprint density at radius 3 is 2.86 bits per heavy atom. The van der Waals surface area contributed by atoms with E-state index in [0.717, 1.165) is 18.7 Å². The third-order valence-corrected chi connectivity index (χ3v) is 4.40. The van der Waals surface area contributed by atoms with Crippen LogP contribution in [0.15, 0.2) is 16.4 Å². The van der Waals surface area contributed by atoms with Gasteiger partial charge >= 0.3 is 5.69 Å². The molecule has 21 heavy (non-hydrogen) atoms. The molecule has 0 aromatic carbocycles. The van der Waals surface area contributed by atoms with Gasteiger partial charge in [-0.3, -0.25) is 9.36 Å². The van der Waals surface area contributed by atoms with E-state index >= 15 is 0 Å². The fourth-order valence-electron chi connectivity index (χ4n) is 3.15. The van der Waals surface area contributed by atoms with Crippen molar-refractivity contribution in [3.8, 4) is 0 Å². The van der Waals surface area contributed by atoms with E-state index in [0.29, 0.717) is 32.5 Å². The number of aromatic nitrogens is 3. The molecule has 3 rings (SSSR count). The SMILES string of the molecule is Cn1nc2n(c1=O)CCN(C(=O)CC1=CCCCC1)CC2. The first-order valence-electron chi connectivity index (χ1n) is 7.73. The maximum Gasteiger partial charge on any atom is 0.345 e. The molecule has 0 N–H and O–H groups in total. The highest BCUT2D eigenvalue weighted by molar-refractivity contribution is 5.78. The van der Waals surface area contributed by atoms with Crippen LogP contribution in [0.5, 0.6) is 0 Å². The summed E-state index contributed by atoms with van der Waals surface area (Å²) in [4.78, 5) is 26.2. The van der Waals surface area contributed by atoms with Crippen molar-refractivity contribution in [2.75, 3.05) is 13.1 Å². The predicted molar refractivity (Wildman–Crippen MR) is 78.9 cm³/mol. The molecule has 0 saturated carbocycles. The molecule has 0 unspecified atom stereocenters. The lowest BCUT2D eigenvalue weighted by Crippen LogP contribution is -2.35. The van der Waals surface area contributed by atoms with Crippen molar-refractivity contribution >= 4 is 5.91 Å². The number of carbonyl (C=O) groups excluding carboxylic acids is 1. The summed E-state index contributed by atoms with van der Waals surface area (Å²) in [5, 5.41) is 4.24. The molecule has 0 spiro atoms. The molecule has 1 aliphatic carbocycles.